The quantitative estimate of drug-likeness (QED) is 0.832. The summed E-state index contributed by atoms with van der Waals surface area (Å²) in [7, 11) is -3.67. The third kappa shape index (κ3) is 4.74. The van der Waals surface area contributed by atoms with Gasteiger partial charge in [-0.1, -0.05) is 48.9 Å². The molecule has 1 amide bonds. The number of carbonyl (C=O) groups excluding carboxylic acids is 1. The van der Waals surface area contributed by atoms with E-state index in [-0.39, 0.29) is 17.3 Å². The summed E-state index contributed by atoms with van der Waals surface area (Å²) in [6.07, 6.45) is 1.81. The van der Waals surface area contributed by atoms with Crippen molar-refractivity contribution >= 4 is 38.9 Å². The van der Waals surface area contributed by atoms with Crippen LogP contribution < -0.4 is 9.62 Å². The first-order chi connectivity index (χ1) is 11.7. The molecule has 0 fully saturated rings. The number of para-hydroxylation sites is 2. The Balaban J connectivity index is 2.29. The number of anilines is 2. The standard InChI is InChI=1S/C18H21ClN2O3S/c1-4-14-9-7-8-13(2)18(14)20-17(22)12-21(25(3,23)24)16-11-6-5-10-15(16)19/h5-11H,4,12H2,1-3H3,(H,20,22). The molecule has 0 aromatic heterocycles. The Labute approximate surface area is 153 Å². The number of sulfonamides is 1. The molecular weight excluding hydrogens is 360 g/mol. The first kappa shape index (κ1) is 19.3. The molecule has 1 N–H and O–H groups in total. The number of rotatable bonds is 6. The van der Waals surface area contributed by atoms with E-state index in [0.29, 0.717) is 0 Å². The van der Waals surface area contributed by atoms with Crippen LogP contribution in [0.1, 0.15) is 18.1 Å². The maximum absolute atomic E-state index is 12.5. The maximum Gasteiger partial charge on any atom is 0.245 e. The van der Waals surface area contributed by atoms with Crippen LogP contribution in [0.2, 0.25) is 5.02 Å². The molecule has 0 atom stereocenters. The van der Waals surface area contributed by atoms with E-state index >= 15 is 0 Å². The number of hydrogen-bond donors (Lipinski definition) is 1. The second kappa shape index (κ2) is 7.89. The van der Waals surface area contributed by atoms with Crippen molar-refractivity contribution in [1.82, 2.24) is 0 Å². The lowest BCUT2D eigenvalue weighted by molar-refractivity contribution is -0.114. The number of amides is 1. The normalized spacial score (nSPS) is 11.2. The van der Waals surface area contributed by atoms with E-state index in [1.54, 1.807) is 24.3 Å². The molecule has 2 aromatic rings. The second-order valence-electron chi connectivity index (χ2n) is 5.73. The maximum atomic E-state index is 12.5. The Bertz CT molecular complexity index is 882. The third-order valence-corrected chi connectivity index (χ3v) is 5.26. The zero-order valence-electron chi connectivity index (χ0n) is 14.4. The molecule has 2 aromatic carbocycles. The molecule has 0 saturated heterocycles. The van der Waals surface area contributed by atoms with Gasteiger partial charge < -0.3 is 5.32 Å². The number of carbonyl (C=O) groups is 1. The summed E-state index contributed by atoms with van der Waals surface area (Å²) in [5, 5.41) is 3.10. The molecule has 134 valence electrons. The summed E-state index contributed by atoms with van der Waals surface area (Å²) in [6, 6.07) is 12.3. The molecule has 0 aliphatic rings. The van der Waals surface area contributed by atoms with Crippen molar-refractivity contribution in [2.45, 2.75) is 20.3 Å². The molecule has 0 unspecified atom stereocenters. The molecule has 0 heterocycles. The molecule has 0 bridgehead atoms. The summed E-state index contributed by atoms with van der Waals surface area (Å²) in [4.78, 5) is 12.5. The fraction of sp³-hybridized carbons (Fsp3) is 0.278. The molecule has 5 nitrogen and oxygen atoms in total. The SMILES string of the molecule is CCc1cccc(C)c1NC(=O)CN(c1ccccc1Cl)S(C)(=O)=O. The third-order valence-electron chi connectivity index (χ3n) is 3.81. The zero-order chi connectivity index (χ0) is 18.6. The zero-order valence-corrected chi connectivity index (χ0v) is 16.0. The molecule has 0 aliphatic carbocycles. The number of halogens is 1. The highest BCUT2D eigenvalue weighted by molar-refractivity contribution is 7.92. The van der Waals surface area contributed by atoms with Crippen molar-refractivity contribution in [3.8, 4) is 0 Å². The highest BCUT2D eigenvalue weighted by Gasteiger charge is 2.23. The molecule has 25 heavy (non-hydrogen) atoms. The van der Waals surface area contributed by atoms with Gasteiger partial charge in [0.1, 0.15) is 6.54 Å². The van der Waals surface area contributed by atoms with Gasteiger partial charge in [0.2, 0.25) is 15.9 Å². The molecule has 0 saturated carbocycles. The van der Waals surface area contributed by atoms with Crippen LogP contribution in [0.5, 0.6) is 0 Å². The van der Waals surface area contributed by atoms with Crippen LogP contribution in [0.3, 0.4) is 0 Å². The number of benzene rings is 2. The number of nitrogens with one attached hydrogen (secondary N) is 1. The predicted molar refractivity (Wildman–Crippen MR) is 103 cm³/mol. The van der Waals surface area contributed by atoms with Crippen molar-refractivity contribution in [2.75, 3.05) is 22.4 Å². The highest BCUT2D eigenvalue weighted by atomic mass is 35.5. The van der Waals surface area contributed by atoms with Crippen molar-refractivity contribution in [1.29, 1.82) is 0 Å². The van der Waals surface area contributed by atoms with E-state index in [1.165, 1.54) is 0 Å². The minimum atomic E-state index is -3.67. The van der Waals surface area contributed by atoms with Gasteiger partial charge in [-0.15, -0.1) is 0 Å². The van der Waals surface area contributed by atoms with Crippen molar-refractivity contribution in [3.05, 3.63) is 58.6 Å². The minimum Gasteiger partial charge on any atom is -0.324 e. The van der Waals surface area contributed by atoms with Gasteiger partial charge in [0.25, 0.3) is 0 Å². The Morgan fingerprint density at radius 3 is 2.44 bits per heavy atom. The van der Waals surface area contributed by atoms with E-state index in [0.717, 1.165) is 33.8 Å². The lowest BCUT2D eigenvalue weighted by Crippen LogP contribution is -2.37. The van der Waals surface area contributed by atoms with Crippen LogP contribution in [0.4, 0.5) is 11.4 Å². The summed E-state index contributed by atoms with van der Waals surface area (Å²) < 4.78 is 25.3. The minimum absolute atomic E-state index is 0.269. The van der Waals surface area contributed by atoms with Gasteiger partial charge >= 0.3 is 0 Å². The Kier molecular flexibility index (Phi) is 6.08. The van der Waals surface area contributed by atoms with Gasteiger partial charge in [-0.3, -0.25) is 9.10 Å². The first-order valence-corrected chi connectivity index (χ1v) is 10.1. The Hall–Kier alpha value is -2.05. The second-order valence-corrected chi connectivity index (χ2v) is 8.05. The van der Waals surface area contributed by atoms with Gasteiger partial charge in [0.15, 0.2) is 0 Å². The van der Waals surface area contributed by atoms with Crippen LogP contribution in [0.25, 0.3) is 0 Å². The topological polar surface area (TPSA) is 66.5 Å². The van der Waals surface area contributed by atoms with E-state index in [9.17, 15) is 13.2 Å². The average molecular weight is 381 g/mol. The van der Waals surface area contributed by atoms with Crippen LogP contribution in [0.15, 0.2) is 42.5 Å². The predicted octanol–water partition coefficient (Wildman–Crippen LogP) is 3.62. The van der Waals surface area contributed by atoms with Crippen molar-refractivity contribution in [2.24, 2.45) is 0 Å². The summed E-state index contributed by atoms with van der Waals surface area (Å²) in [5.41, 5.74) is 2.93. The summed E-state index contributed by atoms with van der Waals surface area (Å²) in [6.45, 7) is 3.55. The van der Waals surface area contributed by atoms with E-state index < -0.39 is 15.9 Å². The fourth-order valence-electron chi connectivity index (χ4n) is 2.55. The number of hydrogen-bond acceptors (Lipinski definition) is 3. The fourth-order valence-corrected chi connectivity index (χ4v) is 3.70. The molecule has 7 heteroatoms. The van der Waals surface area contributed by atoms with E-state index in [4.69, 9.17) is 11.6 Å². The van der Waals surface area contributed by atoms with Crippen molar-refractivity contribution < 1.29 is 13.2 Å². The smallest absolute Gasteiger partial charge is 0.245 e. The van der Waals surface area contributed by atoms with Crippen LogP contribution >= 0.6 is 11.6 Å². The van der Waals surface area contributed by atoms with Gasteiger partial charge in [-0.05, 0) is 36.6 Å². The first-order valence-electron chi connectivity index (χ1n) is 7.84. The molecular formula is C18H21ClN2O3S. The van der Waals surface area contributed by atoms with Gasteiger partial charge in [-0.2, -0.15) is 0 Å². The van der Waals surface area contributed by atoms with E-state index in [2.05, 4.69) is 5.32 Å². The van der Waals surface area contributed by atoms with Gasteiger partial charge in [-0.25, -0.2) is 8.42 Å². The lowest BCUT2D eigenvalue weighted by Gasteiger charge is -2.23. The largest absolute Gasteiger partial charge is 0.324 e. The Morgan fingerprint density at radius 1 is 1.16 bits per heavy atom. The summed E-state index contributed by atoms with van der Waals surface area (Å²) >= 11 is 6.10. The highest BCUT2D eigenvalue weighted by Crippen LogP contribution is 2.27. The molecule has 0 aliphatic heterocycles. The molecule has 2 rings (SSSR count). The lowest BCUT2D eigenvalue weighted by atomic mass is 10.1. The van der Waals surface area contributed by atoms with E-state index in [1.807, 2.05) is 32.0 Å². The van der Waals surface area contributed by atoms with Gasteiger partial charge in [0.05, 0.1) is 17.0 Å². The van der Waals surface area contributed by atoms with Crippen LogP contribution in [-0.4, -0.2) is 27.1 Å². The van der Waals surface area contributed by atoms with Crippen molar-refractivity contribution in [3.63, 3.8) is 0 Å². The van der Waals surface area contributed by atoms with Crippen LogP contribution in [-0.2, 0) is 21.2 Å². The number of aryl methyl sites for hydroxylation is 2. The molecule has 0 radical (unpaired) electrons. The van der Waals surface area contributed by atoms with Crippen LogP contribution in [0, 0.1) is 6.92 Å². The number of nitrogens with zero attached hydrogens (tertiary/aromatic N) is 1. The average Bonchev–Trinajstić information content (AvgIpc) is 2.54. The Morgan fingerprint density at radius 2 is 1.84 bits per heavy atom. The monoisotopic (exact) mass is 380 g/mol. The summed E-state index contributed by atoms with van der Waals surface area (Å²) in [5.74, 6) is -0.422. The molecule has 0 spiro atoms. The van der Waals surface area contributed by atoms with Gasteiger partial charge in [0, 0.05) is 5.69 Å².